The van der Waals surface area contributed by atoms with Crippen LogP contribution in [-0.4, -0.2) is 65.7 Å². The van der Waals surface area contributed by atoms with Crippen molar-refractivity contribution < 1.29 is 13.3 Å². The second kappa shape index (κ2) is 9.13. The summed E-state index contributed by atoms with van der Waals surface area (Å²) in [5, 5.41) is 28.7. The van der Waals surface area contributed by atoms with Gasteiger partial charge in [0, 0.05) is 30.4 Å². The summed E-state index contributed by atoms with van der Waals surface area (Å²) < 4.78 is 29.2. The van der Waals surface area contributed by atoms with Crippen LogP contribution < -0.4 is 0 Å². The van der Waals surface area contributed by atoms with Crippen LogP contribution in [-0.2, 0) is 10.0 Å². The highest BCUT2D eigenvalue weighted by molar-refractivity contribution is 7.89. The zero-order valence-electron chi connectivity index (χ0n) is 17.7. The van der Waals surface area contributed by atoms with E-state index in [0.29, 0.717) is 28.8 Å². The number of nitro groups is 1. The van der Waals surface area contributed by atoms with Crippen molar-refractivity contribution in [3.63, 3.8) is 0 Å². The number of likely N-dealkylation sites (N-methyl/N-ethyl adjacent to an activating group) is 1. The maximum atomic E-state index is 13.4. The van der Waals surface area contributed by atoms with Gasteiger partial charge in [-0.25, -0.2) is 4.52 Å². The molecule has 0 fully saturated rings. The summed E-state index contributed by atoms with van der Waals surface area (Å²) in [6.07, 6.45) is 4.48. The number of pyridine rings is 1. The quantitative estimate of drug-likeness (QED) is 0.288. The van der Waals surface area contributed by atoms with Crippen molar-refractivity contribution in [3.8, 4) is 6.07 Å². The Labute approximate surface area is 185 Å². The van der Waals surface area contributed by atoms with Gasteiger partial charge in [0.1, 0.15) is 0 Å². The number of nitro benzene ring substituents is 1. The smallest absolute Gasteiger partial charge is 0.279 e. The van der Waals surface area contributed by atoms with E-state index in [2.05, 4.69) is 10.2 Å². The Morgan fingerprint density at radius 2 is 2.03 bits per heavy atom. The molecule has 32 heavy (non-hydrogen) atoms. The molecule has 0 unspecified atom stereocenters. The molecule has 166 valence electrons. The van der Waals surface area contributed by atoms with E-state index in [1.165, 1.54) is 24.5 Å². The summed E-state index contributed by atoms with van der Waals surface area (Å²) in [6, 6.07) is 8.97. The molecule has 0 radical (unpaired) electrons. The van der Waals surface area contributed by atoms with Gasteiger partial charge in [0.05, 0.1) is 45.9 Å². The predicted molar refractivity (Wildman–Crippen MR) is 118 cm³/mol. The van der Waals surface area contributed by atoms with Crippen LogP contribution >= 0.6 is 0 Å². The van der Waals surface area contributed by atoms with Gasteiger partial charge in [-0.1, -0.05) is 6.07 Å². The van der Waals surface area contributed by atoms with Gasteiger partial charge in [0.25, 0.3) is 15.7 Å². The number of hydrogen-bond donors (Lipinski definition) is 0. The van der Waals surface area contributed by atoms with Gasteiger partial charge >= 0.3 is 0 Å². The highest BCUT2D eigenvalue weighted by Crippen LogP contribution is 2.25. The molecule has 2 heterocycles. The van der Waals surface area contributed by atoms with Crippen LogP contribution in [0.1, 0.15) is 16.7 Å². The van der Waals surface area contributed by atoms with Crippen molar-refractivity contribution in [2.45, 2.75) is 11.8 Å². The van der Waals surface area contributed by atoms with Crippen LogP contribution in [0.15, 0.2) is 52.7 Å². The third kappa shape index (κ3) is 4.74. The van der Waals surface area contributed by atoms with Crippen molar-refractivity contribution in [2.24, 2.45) is 5.10 Å². The van der Waals surface area contributed by atoms with Crippen LogP contribution in [0, 0.1) is 28.4 Å². The average Bonchev–Trinajstić information content (AvgIpc) is 3.15. The number of aryl methyl sites for hydroxylation is 1. The minimum absolute atomic E-state index is 0.0244. The number of rotatable bonds is 8. The van der Waals surface area contributed by atoms with Gasteiger partial charge < -0.3 is 4.90 Å². The first-order valence-electron chi connectivity index (χ1n) is 9.47. The van der Waals surface area contributed by atoms with E-state index in [1.807, 2.05) is 6.07 Å². The first-order valence-corrected chi connectivity index (χ1v) is 10.9. The lowest BCUT2D eigenvalue weighted by Gasteiger charge is -2.21. The van der Waals surface area contributed by atoms with Gasteiger partial charge in [0.15, 0.2) is 0 Å². The van der Waals surface area contributed by atoms with Crippen molar-refractivity contribution >= 4 is 27.4 Å². The van der Waals surface area contributed by atoms with Gasteiger partial charge in [-0.15, -0.1) is 0 Å². The highest BCUT2D eigenvalue weighted by Gasteiger charge is 2.27. The molecule has 0 saturated carbocycles. The summed E-state index contributed by atoms with van der Waals surface area (Å²) in [5.74, 6) is 0. The Bertz CT molecular complexity index is 1340. The number of hydrazone groups is 1. The minimum atomic E-state index is -4.18. The molecule has 0 aliphatic carbocycles. The fourth-order valence-corrected chi connectivity index (χ4v) is 4.38. The maximum Gasteiger partial charge on any atom is 0.279 e. The summed E-state index contributed by atoms with van der Waals surface area (Å²) in [4.78, 5) is 12.1. The predicted octanol–water partition coefficient (Wildman–Crippen LogP) is 2.01. The third-order valence-electron chi connectivity index (χ3n) is 4.68. The maximum absolute atomic E-state index is 13.4. The fraction of sp³-hybridized carbons (Fsp3) is 0.250. The number of hydrogen-bond acceptors (Lipinski definition) is 8. The molecule has 0 saturated heterocycles. The van der Waals surface area contributed by atoms with Crippen molar-refractivity contribution in [3.05, 3.63) is 69.5 Å². The topological polar surface area (TPSA) is 137 Å². The number of non-ortho nitro benzene ring substituents is 1. The summed E-state index contributed by atoms with van der Waals surface area (Å²) in [7, 11) is -0.591. The van der Waals surface area contributed by atoms with Crippen molar-refractivity contribution in [1.29, 1.82) is 5.26 Å². The number of benzene rings is 1. The molecule has 12 heteroatoms. The minimum Gasteiger partial charge on any atom is -0.308 e. The first kappa shape index (κ1) is 22.9. The second-order valence-corrected chi connectivity index (χ2v) is 9.07. The normalized spacial score (nSPS) is 11.8. The zero-order chi connectivity index (χ0) is 23.5. The Morgan fingerprint density at radius 1 is 1.28 bits per heavy atom. The molecule has 3 rings (SSSR count). The molecule has 0 bridgehead atoms. The second-order valence-electron chi connectivity index (χ2n) is 7.26. The third-order valence-corrected chi connectivity index (χ3v) is 6.51. The summed E-state index contributed by atoms with van der Waals surface area (Å²) >= 11 is 0. The molecule has 3 aromatic rings. The molecule has 0 spiro atoms. The SMILES string of the molecule is Cc1ccc([N+](=O)[O-])cc1S(=O)(=O)N(CCN(C)C)/N=C\c1cnn2ccc(C#N)cc12. The molecule has 0 amide bonds. The fourth-order valence-electron chi connectivity index (χ4n) is 2.91. The van der Waals surface area contributed by atoms with Crippen LogP contribution in [0.3, 0.4) is 0 Å². The molecule has 0 aliphatic rings. The van der Waals surface area contributed by atoms with Gasteiger partial charge in [0.2, 0.25) is 0 Å². The monoisotopic (exact) mass is 455 g/mol. The molecular formula is C20H21N7O4S. The highest BCUT2D eigenvalue weighted by atomic mass is 32.2. The van der Waals surface area contributed by atoms with Crippen molar-refractivity contribution in [1.82, 2.24) is 18.9 Å². The zero-order valence-corrected chi connectivity index (χ0v) is 18.5. The molecule has 2 aromatic heterocycles. The number of sulfonamides is 1. The van der Waals surface area contributed by atoms with E-state index < -0.39 is 14.9 Å². The van der Waals surface area contributed by atoms with Crippen LogP contribution in [0.4, 0.5) is 5.69 Å². The van der Waals surface area contributed by atoms with Crippen LogP contribution in [0.2, 0.25) is 0 Å². The largest absolute Gasteiger partial charge is 0.308 e. The number of aromatic nitrogens is 2. The van der Waals surface area contributed by atoms with Gasteiger partial charge in [-0.3, -0.25) is 10.1 Å². The Kier molecular flexibility index (Phi) is 6.52. The average molecular weight is 456 g/mol. The van der Waals surface area contributed by atoms with Gasteiger partial charge in [-0.2, -0.15) is 28.3 Å². The van der Waals surface area contributed by atoms with E-state index in [4.69, 9.17) is 5.26 Å². The lowest BCUT2D eigenvalue weighted by atomic mass is 10.2. The van der Waals surface area contributed by atoms with E-state index >= 15 is 0 Å². The lowest BCUT2D eigenvalue weighted by molar-refractivity contribution is -0.385. The molecular weight excluding hydrogens is 434 g/mol. The van der Waals surface area contributed by atoms with E-state index in [1.54, 1.807) is 48.8 Å². The van der Waals surface area contributed by atoms with E-state index in [-0.39, 0.29) is 17.1 Å². The number of nitriles is 1. The number of fused-ring (bicyclic) bond motifs is 1. The van der Waals surface area contributed by atoms with Gasteiger partial charge in [-0.05, 0) is 38.7 Å². The molecule has 0 atom stereocenters. The molecule has 11 nitrogen and oxygen atoms in total. The molecule has 0 N–H and O–H groups in total. The van der Waals surface area contributed by atoms with Crippen molar-refractivity contribution in [2.75, 3.05) is 27.2 Å². The molecule has 1 aromatic carbocycles. The molecule has 0 aliphatic heterocycles. The summed E-state index contributed by atoms with van der Waals surface area (Å²) in [5.41, 5.74) is 1.58. The van der Waals surface area contributed by atoms with E-state index in [0.717, 1.165) is 10.5 Å². The number of nitrogens with zero attached hydrogens (tertiary/aromatic N) is 7. The standard InChI is InChI=1S/C20H21N7O4S/c1-15-4-5-18(27(28)29)11-20(15)32(30,31)26(9-8-24(2)3)23-14-17-13-22-25-7-6-16(12-21)10-19(17)25/h4-7,10-11,13-14H,8-9H2,1-3H3/b23-14-. The Hall–Kier alpha value is -3.82. The van der Waals surface area contributed by atoms with Crippen LogP contribution in [0.25, 0.3) is 5.52 Å². The Morgan fingerprint density at radius 3 is 2.69 bits per heavy atom. The summed E-state index contributed by atoms with van der Waals surface area (Å²) in [6.45, 7) is 1.97. The van der Waals surface area contributed by atoms with E-state index in [9.17, 15) is 18.5 Å². The lowest BCUT2D eigenvalue weighted by Crippen LogP contribution is -2.33. The Balaban J connectivity index is 2.05. The van der Waals surface area contributed by atoms with Crippen LogP contribution in [0.5, 0.6) is 0 Å². The first-order chi connectivity index (χ1) is 15.1.